The number of rotatable bonds is 12. The minimum absolute atomic E-state index is 0.0231. The number of nitrogens with zero attached hydrogens (tertiary/aromatic N) is 1. The molecule has 5 nitrogen and oxygen atoms in total. The Labute approximate surface area is 129 Å². The first-order chi connectivity index (χ1) is 10.0. The highest BCUT2D eigenvalue weighted by molar-refractivity contribution is 5.74. The van der Waals surface area contributed by atoms with Crippen molar-refractivity contribution < 1.29 is 14.7 Å². The van der Waals surface area contributed by atoms with Crippen molar-refractivity contribution in [2.75, 3.05) is 19.6 Å². The fraction of sp³-hybridized carbons (Fsp3) is 0.875. The van der Waals surface area contributed by atoms with Crippen molar-refractivity contribution >= 4 is 12.0 Å². The van der Waals surface area contributed by atoms with Crippen molar-refractivity contribution in [2.24, 2.45) is 5.92 Å². The maximum absolute atomic E-state index is 12.1. The molecule has 5 heteroatoms. The van der Waals surface area contributed by atoms with Gasteiger partial charge < -0.3 is 15.3 Å². The highest BCUT2D eigenvalue weighted by Gasteiger charge is 2.14. The zero-order chi connectivity index (χ0) is 16.1. The Balaban J connectivity index is 3.77. The molecule has 0 radical (unpaired) electrons. The molecule has 0 aromatic heterocycles. The van der Waals surface area contributed by atoms with Gasteiger partial charge in [-0.25, -0.2) is 4.79 Å². The minimum atomic E-state index is -0.733. The predicted octanol–water partition coefficient (Wildman–Crippen LogP) is 3.49. The van der Waals surface area contributed by atoms with Crippen molar-refractivity contribution in [1.82, 2.24) is 10.2 Å². The number of carbonyl (C=O) groups excluding carboxylic acids is 1. The molecule has 0 rings (SSSR count). The number of carboxylic acids is 1. The van der Waals surface area contributed by atoms with E-state index >= 15 is 0 Å². The third-order valence-electron chi connectivity index (χ3n) is 3.90. The molecule has 0 heterocycles. The molecule has 0 aromatic carbocycles. The highest BCUT2D eigenvalue weighted by Crippen LogP contribution is 2.10. The van der Waals surface area contributed by atoms with E-state index in [1.54, 1.807) is 0 Å². The van der Waals surface area contributed by atoms with Crippen molar-refractivity contribution in [3.63, 3.8) is 0 Å². The van der Waals surface area contributed by atoms with Gasteiger partial charge in [0, 0.05) is 26.1 Å². The largest absolute Gasteiger partial charge is 0.481 e. The monoisotopic (exact) mass is 300 g/mol. The van der Waals surface area contributed by atoms with Gasteiger partial charge in [-0.15, -0.1) is 0 Å². The van der Waals surface area contributed by atoms with Crippen molar-refractivity contribution in [2.45, 2.75) is 65.7 Å². The number of hydrogen-bond acceptors (Lipinski definition) is 2. The third-order valence-corrected chi connectivity index (χ3v) is 3.90. The highest BCUT2D eigenvalue weighted by atomic mass is 16.4. The lowest BCUT2D eigenvalue weighted by atomic mass is 10.0. The van der Waals surface area contributed by atoms with E-state index in [1.165, 1.54) is 0 Å². The quantitative estimate of drug-likeness (QED) is 0.542. The van der Waals surface area contributed by atoms with Gasteiger partial charge in [0.15, 0.2) is 0 Å². The van der Waals surface area contributed by atoms with Gasteiger partial charge in [-0.1, -0.05) is 39.5 Å². The van der Waals surface area contributed by atoms with Crippen LogP contribution in [-0.4, -0.2) is 41.6 Å². The van der Waals surface area contributed by atoms with Gasteiger partial charge in [-0.05, 0) is 25.7 Å². The Morgan fingerprint density at radius 1 is 1.05 bits per heavy atom. The van der Waals surface area contributed by atoms with Crippen molar-refractivity contribution in [1.29, 1.82) is 0 Å². The first-order valence-corrected chi connectivity index (χ1v) is 8.29. The van der Waals surface area contributed by atoms with Crippen molar-refractivity contribution in [3.8, 4) is 0 Å². The van der Waals surface area contributed by atoms with Gasteiger partial charge in [-0.2, -0.15) is 0 Å². The lowest BCUT2D eigenvalue weighted by molar-refractivity contribution is -0.137. The van der Waals surface area contributed by atoms with Crippen LogP contribution in [0.3, 0.4) is 0 Å². The second-order valence-corrected chi connectivity index (χ2v) is 5.51. The van der Waals surface area contributed by atoms with Gasteiger partial charge in [0.2, 0.25) is 0 Å². The summed E-state index contributed by atoms with van der Waals surface area (Å²) in [4.78, 5) is 24.3. The molecule has 2 amide bonds. The smallest absolute Gasteiger partial charge is 0.317 e. The van der Waals surface area contributed by atoms with Crippen LogP contribution in [0.25, 0.3) is 0 Å². The standard InChI is InChI=1S/C16H32N2O3/c1-4-14(5-2)13-18(6-3)16(21)17-12-10-8-7-9-11-15(19)20/h14H,4-13H2,1-3H3,(H,17,21)(H,19,20). The average molecular weight is 300 g/mol. The molecule has 0 aliphatic carbocycles. The second kappa shape index (κ2) is 12.5. The lowest BCUT2D eigenvalue weighted by Gasteiger charge is -2.25. The summed E-state index contributed by atoms with van der Waals surface area (Å²) >= 11 is 0. The van der Waals surface area contributed by atoms with Crippen LogP contribution in [0, 0.1) is 5.92 Å². The number of carbonyl (C=O) groups is 2. The van der Waals surface area contributed by atoms with Gasteiger partial charge in [0.1, 0.15) is 0 Å². The zero-order valence-electron chi connectivity index (χ0n) is 13.9. The summed E-state index contributed by atoms with van der Waals surface area (Å²) in [6.45, 7) is 8.57. The molecule has 2 N–H and O–H groups in total. The van der Waals surface area contributed by atoms with E-state index in [4.69, 9.17) is 5.11 Å². The maximum atomic E-state index is 12.1. The van der Waals surface area contributed by atoms with Crippen LogP contribution < -0.4 is 5.32 Å². The Kier molecular flexibility index (Phi) is 11.7. The Morgan fingerprint density at radius 2 is 1.67 bits per heavy atom. The summed E-state index contributed by atoms with van der Waals surface area (Å²) in [7, 11) is 0. The molecule has 0 spiro atoms. The molecule has 0 aromatic rings. The van der Waals surface area contributed by atoms with Gasteiger partial charge in [0.05, 0.1) is 0 Å². The van der Waals surface area contributed by atoms with Crippen LogP contribution in [0.2, 0.25) is 0 Å². The summed E-state index contributed by atoms with van der Waals surface area (Å²) < 4.78 is 0. The van der Waals surface area contributed by atoms with Crippen LogP contribution in [-0.2, 0) is 4.79 Å². The first kappa shape index (κ1) is 19.7. The van der Waals surface area contributed by atoms with Crippen molar-refractivity contribution in [3.05, 3.63) is 0 Å². The van der Waals surface area contributed by atoms with E-state index in [2.05, 4.69) is 19.2 Å². The molecule has 0 unspecified atom stereocenters. The van der Waals surface area contributed by atoms with Crippen LogP contribution in [0.4, 0.5) is 4.79 Å². The van der Waals surface area contributed by atoms with Crippen LogP contribution in [0.15, 0.2) is 0 Å². The lowest BCUT2D eigenvalue weighted by Crippen LogP contribution is -2.42. The van der Waals surface area contributed by atoms with E-state index < -0.39 is 5.97 Å². The molecule has 0 atom stereocenters. The molecule has 0 aliphatic heterocycles. The molecule has 0 saturated heterocycles. The molecule has 0 saturated carbocycles. The molecular weight excluding hydrogens is 268 g/mol. The van der Waals surface area contributed by atoms with E-state index in [-0.39, 0.29) is 12.5 Å². The molecule has 0 aliphatic rings. The summed E-state index contributed by atoms with van der Waals surface area (Å²) in [5.74, 6) is -0.157. The average Bonchev–Trinajstić information content (AvgIpc) is 2.47. The van der Waals surface area contributed by atoms with Gasteiger partial charge in [-0.3, -0.25) is 4.79 Å². The summed E-state index contributed by atoms with van der Waals surface area (Å²) in [6.07, 6.45) is 5.95. The summed E-state index contributed by atoms with van der Waals surface area (Å²) in [5, 5.41) is 11.5. The topological polar surface area (TPSA) is 69.6 Å². The SMILES string of the molecule is CCC(CC)CN(CC)C(=O)NCCCCCCC(=O)O. The molecule has 124 valence electrons. The van der Waals surface area contributed by atoms with Gasteiger partial charge in [0.25, 0.3) is 0 Å². The maximum Gasteiger partial charge on any atom is 0.317 e. The van der Waals surface area contributed by atoms with Crippen LogP contribution in [0.1, 0.15) is 65.7 Å². The third kappa shape index (κ3) is 10.2. The Hall–Kier alpha value is -1.26. The second-order valence-electron chi connectivity index (χ2n) is 5.51. The molecule has 0 fully saturated rings. The number of nitrogens with one attached hydrogen (secondary N) is 1. The zero-order valence-corrected chi connectivity index (χ0v) is 13.9. The number of urea groups is 1. The Bertz CT molecular complexity index is 291. The number of unbranched alkanes of at least 4 members (excludes halogenated alkanes) is 3. The minimum Gasteiger partial charge on any atom is -0.481 e. The summed E-state index contributed by atoms with van der Waals surface area (Å²) in [6, 6.07) is 0.0231. The normalized spacial score (nSPS) is 10.7. The Morgan fingerprint density at radius 3 is 2.19 bits per heavy atom. The molecule has 21 heavy (non-hydrogen) atoms. The van der Waals surface area contributed by atoms with E-state index in [0.29, 0.717) is 12.5 Å². The molecular formula is C16H32N2O3. The fourth-order valence-electron chi connectivity index (χ4n) is 2.28. The predicted molar refractivity (Wildman–Crippen MR) is 85.4 cm³/mol. The first-order valence-electron chi connectivity index (χ1n) is 8.29. The van der Waals surface area contributed by atoms with E-state index in [0.717, 1.165) is 51.6 Å². The van der Waals surface area contributed by atoms with Crippen LogP contribution >= 0.6 is 0 Å². The van der Waals surface area contributed by atoms with Gasteiger partial charge >= 0.3 is 12.0 Å². The van der Waals surface area contributed by atoms with Crippen LogP contribution in [0.5, 0.6) is 0 Å². The van der Waals surface area contributed by atoms with E-state index in [1.807, 2.05) is 11.8 Å². The molecule has 0 bridgehead atoms. The fourth-order valence-corrected chi connectivity index (χ4v) is 2.28. The number of aliphatic carboxylic acids is 1. The number of carboxylic acid groups (broad SMARTS) is 1. The number of amides is 2. The number of hydrogen-bond donors (Lipinski definition) is 2. The summed E-state index contributed by atoms with van der Waals surface area (Å²) in [5.41, 5.74) is 0. The van der Waals surface area contributed by atoms with E-state index in [9.17, 15) is 9.59 Å².